The van der Waals surface area contributed by atoms with Crippen LogP contribution in [0.25, 0.3) is 0 Å². The van der Waals surface area contributed by atoms with Gasteiger partial charge in [0.05, 0.1) is 36.8 Å². The van der Waals surface area contributed by atoms with E-state index < -0.39 is 29.0 Å². The van der Waals surface area contributed by atoms with Crippen molar-refractivity contribution in [1.82, 2.24) is 0 Å². The highest BCUT2D eigenvalue weighted by molar-refractivity contribution is 6.32. The van der Waals surface area contributed by atoms with Crippen LogP contribution in [0.15, 0.2) is 30.3 Å². The first kappa shape index (κ1) is 22.0. The fourth-order valence-corrected chi connectivity index (χ4v) is 2.68. The molecule has 10 heteroatoms. The fourth-order valence-electron chi connectivity index (χ4n) is 2.42. The predicted molar refractivity (Wildman–Crippen MR) is 103 cm³/mol. The number of rotatable bonds is 9. The Morgan fingerprint density at radius 2 is 1.76 bits per heavy atom. The number of ketones is 1. The highest BCUT2D eigenvalue weighted by Gasteiger charge is 2.26. The molecule has 0 saturated carbocycles. The topological polar surface area (TPSA) is 114 Å². The molecule has 2 rings (SSSR count). The molecule has 0 N–H and O–H groups in total. The summed E-state index contributed by atoms with van der Waals surface area (Å²) in [6.07, 6.45) is 0. The molecule has 2 aromatic carbocycles. The van der Waals surface area contributed by atoms with Crippen LogP contribution in [0.1, 0.15) is 27.6 Å². The lowest BCUT2D eigenvalue weighted by Gasteiger charge is -2.11. The minimum Gasteiger partial charge on any atom is -0.495 e. The molecule has 0 radical (unpaired) electrons. The Labute approximate surface area is 171 Å². The average Bonchev–Trinajstić information content (AvgIpc) is 2.71. The number of carbonyl (C=O) groups excluding carboxylic acids is 2. The second-order valence-electron chi connectivity index (χ2n) is 5.56. The number of esters is 1. The smallest absolute Gasteiger partial charge is 0.345 e. The number of Topliss-reactive ketones (excluding diaryl/α,β-unsaturated/α-hetero) is 1. The molecule has 29 heavy (non-hydrogen) atoms. The zero-order valence-corrected chi connectivity index (χ0v) is 16.6. The van der Waals surface area contributed by atoms with E-state index in [4.69, 9.17) is 30.5 Å². The van der Waals surface area contributed by atoms with Crippen molar-refractivity contribution in [2.24, 2.45) is 0 Å². The maximum atomic E-state index is 12.4. The molecule has 0 aliphatic carbocycles. The van der Waals surface area contributed by atoms with Gasteiger partial charge in [0.25, 0.3) is 5.69 Å². The molecule has 2 aromatic rings. The van der Waals surface area contributed by atoms with Crippen molar-refractivity contribution in [1.29, 1.82) is 0 Å². The van der Waals surface area contributed by atoms with Gasteiger partial charge in [-0.25, -0.2) is 4.79 Å². The second-order valence-corrected chi connectivity index (χ2v) is 5.97. The summed E-state index contributed by atoms with van der Waals surface area (Å²) >= 11 is 5.98. The van der Waals surface area contributed by atoms with Gasteiger partial charge in [-0.05, 0) is 25.1 Å². The van der Waals surface area contributed by atoms with Crippen LogP contribution < -0.4 is 14.2 Å². The summed E-state index contributed by atoms with van der Waals surface area (Å²) in [5, 5.41) is 11.5. The van der Waals surface area contributed by atoms with Gasteiger partial charge < -0.3 is 18.9 Å². The zero-order chi connectivity index (χ0) is 21.6. The largest absolute Gasteiger partial charge is 0.495 e. The van der Waals surface area contributed by atoms with Gasteiger partial charge in [0.2, 0.25) is 0 Å². The van der Waals surface area contributed by atoms with Crippen molar-refractivity contribution in [3.8, 4) is 17.2 Å². The van der Waals surface area contributed by atoms with Crippen LogP contribution in [0.3, 0.4) is 0 Å². The third kappa shape index (κ3) is 5.14. The van der Waals surface area contributed by atoms with Crippen LogP contribution in [0.4, 0.5) is 5.69 Å². The number of benzene rings is 2. The Bertz CT molecular complexity index is 944. The average molecular weight is 424 g/mol. The Kier molecular flexibility index (Phi) is 7.38. The Morgan fingerprint density at radius 1 is 1.07 bits per heavy atom. The lowest BCUT2D eigenvalue weighted by atomic mass is 10.1. The van der Waals surface area contributed by atoms with Crippen LogP contribution in [-0.4, -0.2) is 44.1 Å². The number of ether oxygens (including phenoxy) is 4. The number of carbonyl (C=O) groups is 2. The van der Waals surface area contributed by atoms with Gasteiger partial charge in [0, 0.05) is 11.6 Å². The highest BCUT2D eigenvalue weighted by atomic mass is 35.5. The minimum atomic E-state index is -1.05. The van der Waals surface area contributed by atoms with E-state index >= 15 is 0 Å². The molecular weight excluding hydrogens is 406 g/mol. The third-order valence-corrected chi connectivity index (χ3v) is 4.10. The van der Waals surface area contributed by atoms with Crippen molar-refractivity contribution in [3.05, 3.63) is 56.6 Å². The first-order valence-electron chi connectivity index (χ1n) is 8.35. The number of halogens is 1. The van der Waals surface area contributed by atoms with E-state index in [2.05, 4.69) is 0 Å². The standard InChI is InChI=1S/C19H18ClNO8/c1-4-28-18-8-12(14(21(24)25)9-17(18)27-3)19(23)29-10-15(22)11-5-6-16(26-2)13(20)7-11/h5-9H,4,10H2,1-3H3. The van der Waals surface area contributed by atoms with E-state index in [1.165, 1.54) is 32.4 Å². The molecule has 154 valence electrons. The van der Waals surface area contributed by atoms with Crippen LogP contribution in [0.5, 0.6) is 17.2 Å². The van der Waals surface area contributed by atoms with E-state index in [9.17, 15) is 19.7 Å². The van der Waals surface area contributed by atoms with Crippen LogP contribution in [-0.2, 0) is 4.74 Å². The summed E-state index contributed by atoms with van der Waals surface area (Å²) < 4.78 is 20.4. The molecule has 0 heterocycles. The van der Waals surface area contributed by atoms with Gasteiger partial charge in [-0.2, -0.15) is 0 Å². The number of nitro groups is 1. The summed E-state index contributed by atoms with van der Waals surface area (Å²) in [4.78, 5) is 35.3. The van der Waals surface area contributed by atoms with Gasteiger partial charge in [0.15, 0.2) is 23.9 Å². The third-order valence-electron chi connectivity index (χ3n) is 3.81. The van der Waals surface area contributed by atoms with Crippen molar-refractivity contribution in [2.45, 2.75) is 6.92 Å². The molecule has 0 bridgehead atoms. The fraction of sp³-hybridized carbons (Fsp3) is 0.263. The summed E-state index contributed by atoms with van der Waals surface area (Å²) in [7, 11) is 2.75. The normalized spacial score (nSPS) is 10.2. The van der Waals surface area contributed by atoms with Gasteiger partial charge >= 0.3 is 5.97 Å². The monoisotopic (exact) mass is 423 g/mol. The lowest BCUT2D eigenvalue weighted by molar-refractivity contribution is -0.385. The van der Waals surface area contributed by atoms with Crippen molar-refractivity contribution in [2.75, 3.05) is 27.4 Å². The summed E-state index contributed by atoms with van der Waals surface area (Å²) in [6, 6.07) is 6.55. The zero-order valence-electron chi connectivity index (χ0n) is 15.9. The van der Waals surface area contributed by atoms with Gasteiger partial charge in [-0.1, -0.05) is 11.6 Å². The maximum absolute atomic E-state index is 12.4. The number of hydrogen-bond donors (Lipinski definition) is 0. The molecule has 0 unspecified atom stereocenters. The number of methoxy groups -OCH3 is 2. The summed E-state index contributed by atoms with van der Waals surface area (Å²) in [5.41, 5.74) is -0.696. The molecule has 9 nitrogen and oxygen atoms in total. The minimum absolute atomic E-state index is 0.0963. The van der Waals surface area contributed by atoms with Crippen LogP contribution in [0.2, 0.25) is 5.02 Å². The molecule has 0 aliphatic heterocycles. The van der Waals surface area contributed by atoms with E-state index in [-0.39, 0.29) is 34.3 Å². The van der Waals surface area contributed by atoms with Gasteiger partial charge in [-0.15, -0.1) is 0 Å². The quantitative estimate of drug-likeness (QED) is 0.259. The molecule has 0 atom stereocenters. The van der Waals surface area contributed by atoms with Gasteiger partial charge in [-0.3, -0.25) is 14.9 Å². The molecule has 0 aromatic heterocycles. The van der Waals surface area contributed by atoms with Crippen molar-refractivity contribution < 1.29 is 33.5 Å². The molecule has 0 fully saturated rings. The predicted octanol–water partition coefficient (Wildman–Crippen LogP) is 3.70. The second kappa shape index (κ2) is 9.74. The molecule has 0 saturated heterocycles. The van der Waals surface area contributed by atoms with Crippen molar-refractivity contribution in [3.63, 3.8) is 0 Å². The Balaban J connectivity index is 2.23. The summed E-state index contributed by atoms with van der Waals surface area (Å²) in [6.45, 7) is 1.32. The van der Waals surface area contributed by atoms with Gasteiger partial charge in [0.1, 0.15) is 11.3 Å². The van der Waals surface area contributed by atoms with Crippen LogP contribution in [0, 0.1) is 10.1 Å². The lowest BCUT2D eigenvalue weighted by Crippen LogP contribution is -2.16. The van der Waals surface area contributed by atoms with Crippen LogP contribution >= 0.6 is 11.6 Å². The van der Waals surface area contributed by atoms with E-state index in [0.29, 0.717) is 5.75 Å². The Hall–Kier alpha value is -3.33. The summed E-state index contributed by atoms with van der Waals surface area (Å²) in [5.74, 6) is -0.963. The first-order valence-corrected chi connectivity index (χ1v) is 8.73. The number of nitrogens with zero attached hydrogens (tertiary/aromatic N) is 1. The van der Waals surface area contributed by atoms with E-state index in [1.807, 2.05) is 0 Å². The molecule has 0 amide bonds. The van der Waals surface area contributed by atoms with E-state index in [1.54, 1.807) is 6.92 Å². The van der Waals surface area contributed by atoms with E-state index in [0.717, 1.165) is 12.1 Å². The molecule has 0 spiro atoms. The van der Waals surface area contributed by atoms with Crippen molar-refractivity contribution >= 4 is 29.0 Å². The first-order chi connectivity index (χ1) is 13.8. The Morgan fingerprint density at radius 3 is 2.31 bits per heavy atom. The maximum Gasteiger partial charge on any atom is 0.345 e. The molecular formula is C19H18ClNO8. The number of nitro benzene ring substituents is 1. The molecule has 0 aliphatic rings. The number of hydrogen-bond acceptors (Lipinski definition) is 8. The highest BCUT2D eigenvalue weighted by Crippen LogP contribution is 2.35. The SMILES string of the molecule is CCOc1cc(C(=O)OCC(=O)c2ccc(OC)c(Cl)c2)c([N+](=O)[O-])cc1OC.